The average Bonchev–Trinajstić information content (AvgIpc) is 3.18. The molecule has 0 bridgehead atoms. The van der Waals surface area contributed by atoms with Gasteiger partial charge in [0.15, 0.2) is 0 Å². The lowest BCUT2D eigenvalue weighted by molar-refractivity contribution is 0.163. The maximum atomic E-state index is 6.40. The summed E-state index contributed by atoms with van der Waals surface area (Å²) in [5.74, 6) is 1.80. The molecule has 0 unspecified atom stereocenters. The molecule has 0 aliphatic carbocycles. The van der Waals surface area contributed by atoms with Crippen LogP contribution < -0.4 is 10.1 Å². The second kappa shape index (κ2) is 6.93. The number of ether oxygens (including phenoxy) is 1. The van der Waals surface area contributed by atoms with Crippen LogP contribution in [-0.2, 0) is 0 Å². The molecule has 1 N–H and O–H groups in total. The average molecular weight is 319 g/mol. The van der Waals surface area contributed by atoms with E-state index in [9.17, 15) is 0 Å². The summed E-state index contributed by atoms with van der Waals surface area (Å²) in [6.07, 6.45) is 4.05. The highest BCUT2D eigenvalue weighted by Crippen LogP contribution is 2.35. The minimum absolute atomic E-state index is 0.264. The monoisotopic (exact) mass is 319 g/mol. The van der Waals surface area contributed by atoms with E-state index in [0.717, 1.165) is 48.6 Å². The molecule has 2 heterocycles. The summed E-state index contributed by atoms with van der Waals surface area (Å²) in [5, 5.41) is 3.39. The van der Waals surface area contributed by atoms with Crippen LogP contribution in [0.3, 0.4) is 0 Å². The second-order valence-electron chi connectivity index (χ2n) is 6.12. The third kappa shape index (κ3) is 3.22. The lowest BCUT2D eigenvalue weighted by Crippen LogP contribution is -2.34. The number of furan rings is 1. The summed E-state index contributed by atoms with van der Waals surface area (Å²) in [6.45, 7) is 2.03. The number of hydrogen-bond acceptors (Lipinski definition) is 3. The maximum absolute atomic E-state index is 6.40. The van der Waals surface area contributed by atoms with E-state index in [2.05, 4.69) is 47.8 Å². The van der Waals surface area contributed by atoms with Crippen molar-refractivity contribution in [2.75, 3.05) is 13.1 Å². The Kier molecular flexibility index (Phi) is 4.34. The minimum Gasteiger partial charge on any atom is -0.490 e. The number of rotatable bonds is 4. The first-order valence-electron chi connectivity index (χ1n) is 8.51. The van der Waals surface area contributed by atoms with E-state index in [0.29, 0.717) is 0 Å². The Bertz CT molecular complexity index is 775. The molecule has 0 spiro atoms. The van der Waals surface area contributed by atoms with Gasteiger partial charge in [0.1, 0.15) is 17.6 Å². The van der Waals surface area contributed by atoms with Crippen molar-refractivity contribution in [3.05, 3.63) is 66.9 Å². The van der Waals surface area contributed by atoms with Crippen LogP contribution in [0.1, 0.15) is 12.8 Å². The van der Waals surface area contributed by atoms with Gasteiger partial charge in [-0.05, 0) is 55.8 Å². The fourth-order valence-electron chi connectivity index (χ4n) is 3.16. The second-order valence-corrected chi connectivity index (χ2v) is 6.12. The normalized spacial score (nSPS) is 15.3. The van der Waals surface area contributed by atoms with Gasteiger partial charge in [-0.15, -0.1) is 0 Å². The van der Waals surface area contributed by atoms with Crippen molar-refractivity contribution in [1.29, 1.82) is 0 Å². The van der Waals surface area contributed by atoms with Crippen LogP contribution in [0.4, 0.5) is 0 Å². The Morgan fingerprint density at radius 2 is 1.71 bits per heavy atom. The van der Waals surface area contributed by atoms with Gasteiger partial charge in [0, 0.05) is 11.1 Å². The smallest absolute Gasteiger partial charge is 0.133 e. The SMILES string of the molecule is c1ccc(-c2ccc(-c3ccco3)cc2OC2CCNCC2)cc1. The molecule has 0 atom stereocenters. The Labute approximate surface area is 142 Å². The molecule has 1 saturated heterocycles. The molecular formula is C21H21NO2. The fraction of sp³-hybridized carbons (Fsp3) is 0.238. The van der Waals surface area contributed by atoms with Crippen molar-refractivity contribution in [3.8, 4) is 28.2 Å². The molecule has 3 nitrogen and oxygen atoms in total. The van der Waals surface area contributed by atoms with Crippen molar-refractivity contribution in [1.82, 2.24) is 5.32 Å². The highest BCUT2D eigenvalue weighted by molar-refractivity contribution is 5.75. The lowest BCUT2D eigenvalue weighted by atomic mass is 10.0. The van der Waals surface area contributed by atoms with E-state index >= 15 is 0 Å². The fourth-order valence-corrected chi connectivity index (χ4v) is 3.16. The molecule has 2 aromatic carbocycles. The first kappa shape index (κ1) is 15.0. The molecule has 122 valence electrons. The lowest BCUT2D eigenvalue weighted by Gasteiger charge is -2.25. The molecule has 24 heavy (non-hydrogen) atoms. The summed E-state index contributed by atoms with van der Waals surface area (Å²) in [5.41, 5.74) is 3.35. The standard InChI is InChI=1S/C21H21NO2/c1-2-5-16(6-3-1)19-9-8-17(20-7-4-14-23-20)15-21(19)24-18-10-12-22-13-11-18/h1-9,14-15,18,22H,10-13H2. The van der Waals surface area contributed by atoms with Crippen LogP contribution in [0.25, 0.3) is 22.5 Å². The Hall–Kier alpha value is -2.52. The van der Waals surface area contributed by atoms with E-state index in [1.165, 1.54) is 5.56 Å². The number of hydrogen-bond donors (Lipinski definition) is 1. The maximum Gasteiger partial charge on any atom is 0.133 e. The van der Waals surface area contributed by atoms with Crippen molar-refractivity contribution < 1.29 is 9.15 Å². The van der Waals surface area contributed by atoms with Crippen molar-refractivity contribution in [3.63, 3.8) is 0 Å². The van der Waals surface area contributed by atoms with Gasteiger partial charge in [-0.3, -0.25) is 0 Å². The van der Waals surface area contributed by atoms with Crippen molar-refractivity contribution in [2.24, 2.45) is 0 Å². The molecule has 1 aliphatic heterocycles. The topological polar surface area (TPSA) is 34.4 Å². The summed E-state index contributed by atoms with van der Waals surface area (Å²) < 4.78 is 11.9. The highest BCUT2D eigenvalue weighted by Gasteiger charge is 2.17. The van der Waals surface area contributed by atoms with E-state index in [1.54, 1.807) is 6.26 Å². The zero-order chi connectivity index (χ0) is 16.2. The molecule has 1 aromatic heterocycles. The van der Waals surface area contributed by atoms with Crippen LogP contribution in [-0.4, -0.2) is 19.2 Å². The first-order valence-corrected chi connectivity index (χ1v) is 8.51. The first-order chi connectivity index (χ1) is 11.9. The van der Waals surface area contributed by atoms with Crippen molar-refractivity contribution in [2.45, 2.75) is 18.9 Å². The van der Waals surface area contributed by atoms with Gasteiger partial charge < -0.3 is 14.5 Å². The zero-order valence-electron chi connectivity index (χ0n) is 13.6. The molecule has 4 rings (SSSR count). The highest BCUT2D eigenvalue weighted by atomic mass is 16.5. The van der Waals surface area contributed by atoms with E-state index in [-0.39, 0.29) is 6.10 Å². The van der Waals surface area contributed by atoms with Crippen LogP contribution in [0.2, 0.25) is 0 Å². The molecule has 0 radical (unpaired) electrons. The number of piperidine rings is 1. The third-order valence-electron chi connectivity index (χ3n) is 4.45. The molecule has 0 amide bonds. The van der Waals surface area contributed by atoms with Gasteiger partial charge in [-0.2, -0.15) is 0 Å². The molecule has 1 aliphatic rings. The summed E-state index contributed by atoms with van der Waals surface area (Å²) in [7, 11) is 0. The van der Waals surface area contributed by atoms with Gasteiger partial charge in [0.05, 0.1) is 6.26 Å². The van der Waals surface area contributed by atoms with Gasteiger partial charge in [-0.1, -0.05) is 36.4 Å². The van der Waals surface area contributed by atoms with E-state index < -0.39 is 0 Å². The number of nitrogens with one attached hydrogen (secondary N) is 1. The summed E-state index contributed by atoms with van der Waals surface area (Å²) >= 11 is 0. The summed E-state index contributed by atoms with van der Waals surface area (Å²) in [6, 6.07) is 20.6. The third-order valence-corrected chi connectivity index (χ3v) is 4.45. The molecule has 1 fully saturated rings. The molecule has 3 heteroatoms. The van der Waals surface area contributed by atoms with Gasteiger partial charge in [0.25, 0.3) is 0 Å². The van der Waals surface area contributed by atoms with Gasteiger partial charge in [-0.25, -0.2) is 0 Å². The Balaban J connectivity index is 1.72. The largest absolute Gasteiger partial charge is 0.490 e. The van der Waals surface area contributed by atoms with E-state index in [1.807, 2.05) is 18.2 Å². The van der Waals surface area contributed by atoms with E-state index in [4.69, 9.17) is 9.15 Å². The van der Waals surface area contributed by atoms with Crippen LogP contribution >= 0.6 is 0 Å². The molecule has 0 saturated carbocycles. The summed E-state index contributed by atoms with van der Waals surface area (Å²) in [4.78, 5) is 0. The zero-order valence-corrected chi connectivity index (χ0v) is 13.6. The predicted molar refractivity (Wildman–Crippen MR) is 96.1 cm³/mol. The van der Waals surface area contributed by atoms with Crippen LogP contribution in [0, 0.1) is 0 Å². The Morgan fingerprint density at radius 1 is 0.875 bits per heavy atom. The van der Waals surface area contributed by atoms with Crippen LogP contribution in [0.15, 0.2) is 71.3 Å². The number of benzene rings is 2. The van der Waals surface area contributed by atoms with Crippen molar-refractivity contribution >= 4 is 0 Å². The van der Waals surface area contributed by atoms with Gasteiger partial charge in [0.2, 0.25) is 0 Å². The molecule has 3 aromatic rings. The predicted octanol–water partition coefficient (Wildman–Crippen LogP) is 4.74. The van der Waals surface area contributed by atoms with Crippen LogP contribution in [0.5, 0.6) is 5.75 Å². The minimum atomic E-state index is 0.264. The quantitative estimate of drug-likeness (QED) is 0.754. The molecular weight excluding hydrogens is 298 g/mol. The Morgan fingerprint density at radius 3 is 2.46 bits per heavy atom. The van der Waals surface area contributed by atoms with Gasteiger partial charge >= 0.3 is 0 Å².